The summed E-state index contributed by atoms with van der Waals surface area (Å²) in [4.78, 5) is 23.7. The van der Waals surface area contributed by atoms with Crippen LogP contribution in [0.1, 0.15) is 40.0 Å². The molecule has 0 bridgehead atoms. The summed E-state index contributed by atoms with van der Waals surface area (Å²) >= 11 is 0. The van der Waals surface area contributed by atoms with Crippen LogP contribution in [0.2, 0.25) is 0 Å². The van der Waals surface area contributed by atoms with Crippen LogP contribution in [0.25, 0.3) is 0 Å². The van der Waals surface area contributed by atoms with Crippen LogP contribution in [0.15, 0.2) is 24.3 Å². The number of carbonyl (C=O) groups excluding carboxylic acids is 2. The van der Waals surface area contributed by atoms with Crippen molar-refractivity contribution < 1.29 is 23.8 Å². The normalized spacial score (nSPS) is 26.9. The first-order valence-electron chi connectivity index (χ1n) is 7.90. The van der Waals surface area contributed by atoms with Gasteiger partial charge in [-0.15, -0.1) is 0 Å². The van der Waals surface area contributed by atoms with E-state index in [4.69, 9.17) is 9.47 Å². The number of carbonyl (C=O) groups is 2. The summed E-state index contributed by atoms with van der Waals surface area (Å²) in [6, 6.07) is 6.54. The lowest BCUT2D eigenvalue weighted by Crippen LogP contribution is -2.49. The summed E-state index contributed by atoms with van der Waals surface area (Å²) < 4.78 is 16.1. The van der Waals surface area contributed by atoms with Gasteiger partial charge in [-0.3, -0.25) is 4.79 Å². The Morgan fingerprint density at radius 2 is 1.70 bits per heavy atom. The maximum absolute atomic E-state index is 12.3. The predicted molar refractivity (Wildman–Crippen MR) is 82.4 cm³/mol. The van der Waals surface area contributed by atoms with Gasteiger partial charge < -0.3 is 19.5 Å². The largest absolute Gasteiger partial charge is 0.465 e. The zero-order valence-corrected chi connectivity index (χ0v) is 13.1. The fraction of sp³-hybridized carbons (Fsp3) is 0.529. The minimum absolute atomic E-state index is 0.0736. The second-order valence-electron chi connectivity index (χ2n) is 5.87. The number of esters is 1. The van der Waals surface area contributed by atoms with Gasteiger partial charge in [0.15, 0.2) is 0 Å². The number of hydrogen-bond acceptors (Lipinski definition) is 5. The van der Waals surface area contributed by atoms with Crippen LogP contribution in [-0.2, 0) is 14.2 Å². The Balaban J connectivity index is 1.57. The minimum Gasteiger partial charge on any atom is -0.465 e. The van der Waals surface area contributed by atoms with Crippen LogP contribution >= 0.6 is 0 Å². The summed E-state index contributed by atoms with van der Waals surface area (Å²) in [5, 5.41) is 3.04. The van der Waals surface area contributed by atoms with Crippen molar-refractivity contribution in [1.82, 2.24) is 5.32 Å². The van der Waals surface area contributed by atoms with Crippen LogP contribution in [0.5, 0.6) is 0 Å². The summed E-state index contributed by atoms with van der Waals surface area (Å²) in [6.07, 6.45) is 2.80. The van der Waals surface area contributed by atoms with E-state index in [2.05, 4.69) is 10.1 Å². The van der Waals surface area contributed by atoms with Gasteiger partial charge in [0.1, 0.15) is 0 Å². The smallest absolute Gasteiger partial charge is 0.337 e. The SMILES string of the molecule is COC(=O)c1ccc(C(=O)N[C@@H]2CC[C@H]3OCCO[C@@H]3C2)cc1. The molecular formula is C17H21NO5. The minimum atomic E-state index is -0.412. The van der Waals surface area contributed by atoms with Crippen molar-refractivity contribution in [3.05, 3.63) is 35.4 Å². The number of nitrogens with one attached hydrogen (secondary N) is 1. The third-order valence-electron chi connectivity index (χ3n) is 4.38. The Hall–Kier alpha value is -1.92. The van der Waals surface area contributed by atoms with Crippen molar-refractivity contribution in [3.8, 4) is 0 Å². The molecule has 1 aliphatic carbocycles. The lowest BCUT2D eigenvalue weighted by Gasteiger charge is -2.39. The average Bonchev–Trinajstić information content (AvgIpc) is 2.61. The average molecular weight is 319 g/mol. The predicted octanol–water partition coefficient (Wildman–Crippen LogP) is 1.54. The molecule has 0 aromatic heterocycles. The first-order valence-corrected chi connectivity index (χ1v) is 7.90. The Morgan fingerprint density at radius 3 is 2.39 bits per heavy atom. The van der Waals surface area contributed by atoms with Crippen molar-refractivity contribution in [2.24, 2.45) is 0 Å². The van der Waals surface area contributed by atoms with Crippen molar-refractivity contribution in [1.29, 1.82) is 0 Å². The molecule has 0 spiro atoms. The van der Waals surface area contributed by atoms with Crippen LogP contribution in [0, 0.1) is 0 Å². The van der Waals surface area contributed by atoms with Gasteiger partial charge in [0.05, 0.1) is 38.1 Å². The Bertz CT molecular complexity index is 571. The quantitative estimate of drug-likeness (QED) is 0.856. The molecule has 6 nitrogen and oxygen atoms in total. The highest BCUT2D eigenvalue weighted by atomic mass is 16.6. The Labute approximate surface area is 135 Å². The molecular weight excluding hydrogens is 298 g/mol. The molecule has 6 heteroatoms. The van der Waals surface area contributed by atoms with Gasteiger partial charge in [0.2, 0.25) is 0 Å². The number of amides is 1. The zero-order chi connectivity index (χ0) is 16.2. The van der Waals surface area contributed by atoms with E-state index in [-0.39, 0.29) is 24.2 Å². The Morgan fingerprint density at radius 1 is 1.04 bits per heavy atom. The molecule has 3 atom stereocenters. The van der Waals surface area contributed by atoms with Gasteiger partial charge in [-0.25, -0.2) is 4.79 Å². The van der Waals surface area contributed by atoms with Gasteiger partial charge in [-0.2, -0.15) is 0 Å². The first kappa shape index (κ1) is 16.0. The van der Waals surface area contributed by atoms with E-state index < -0.39 is 5.97 Å². The maximum atomic E-state index is 12.3. The van der Waals surface area contributed by atoms with Crippen molar-refractivity contribution in [2.45, 2.75) is 37.5 Å². The molecule has 1 aliphatic heterocycles. The second kappa shape index (κ2) is 7.10. The molecule has 2 aliphatic rings. The summed E-state index contributed by atoms with van der Waals surface area (Å²) in [7, 11) is 1.33. The van der Waals surface area contributed by atoms with E-state index in [0.29, 0.717) is 24.3 Å². The molecule has 1 aromatic carbocycles. The van der Waals surface area contributed by atoms with Crippen molar-refractivity contribution in [3.63, 3.8) is 0 Å². The molecule has 23 heavy (non-hydrogen) atoms. The van der Waals surface area contributed by atoms with Gasteiger partial charge in [0, 0.05) is 11.6 Å². The fourth-order valence-corrected chi connectivity index (χ4v) is 3.14. The molecule has 3 rings (SSSR count). The van der Waals surface area contributed by atoms with Gasteiger partial charge in [0.25, 0.3) is 5.91 Å². The third-order valence-corrected chi connectivity index (χ3v) is 4.38. The van der Waals surface area contributed by atoms with E-state index in [9.17, 15) is 9.59 Å². The third kappa shape index (κ3) is 3.71. The number of benzene rings is 1. The highest BCUT2D eigenvalue weighted by Gasteiger charge is 2.34. The van der Waals surface area contributed by atoms with E-state index in [1.807, 2.05) is 0 Å². The fourth-order valence-electron chi connectivity index (χ4n) is 3.14. The van der Waals surface area contributed by atoms with E-state index in [1.54, 1.807) is 24.3 Å². The first-order chi connectivity index (χ1) is 11.2. The molecule has 124 valence electrons. The summed E-state index contributed by atoms with van der Waals surface area (Å²) in [6.45, 7) is 1.28. The van der Waals surface area contributed by atoms with E-state index in [0.717, 1.165) is 19.3 Å². The molecule has 0 radical (unpaired) electrons. The molecule has 1 aromatic rings. The lowest BCUT2D eigenvalue weighted by molar-refractivity contribution is -0.157. The maximum Gasteiger partial charge on any atom is 0.337 e. The van der Waals surface area contributed by atoms with Crippen LogP contribution < -0.4 is 5.32 Å². The zero-order valence-electron chi connectivity index (χ0n) is 13.1. The summed E-state index contributed by atoms with van der Waals surface area (Å²) in [5.74, 6) is -0.550. The van der Waals surface area contributed by atoms with Gasteiger partial charge in [-0.05, 0) is 43.5 Å². The highest BCUT2D eigenvalue weighted by molar-refractivity contribution is 5.96. The highest BCUT2D eigenvalue weighted by Crippen LogP contribution is 2.27. The van der Waals surface area contributed by atoms with Crippen molar-refractivity contribution in [2.75, 3.05) is 20.3 Å². The van der Waals surface area contributed by atoms with Crippen LogP contribution in [0.3, 0.4) is 0 Å². The number of methoxy groups -OCH3 is 1. The molecule has 2 fully saturated rings. The molecule has 1 amide bonds. The van der Waals surface area contributed by atoms with Crippen molar-refractivity contribution >= 4 is 11.9 Å². The number of hydrogen-bond donors (Lipinski definition) is 1. The molecule has 1 heterocycles. The number of rotatable bonds is 3. The number of ether oxygens (including phenoxy) is 3. The molecule has 0 unspecified atom stereocenters. The van der Waals surface area contributed by atoms with Crippen LogP contribution in [-0.4, -0.2) is 50.4 Å². The van der Waals surface area contributed by atoms with E-state index in [1.165, 1.54) is 7.11 Å². The van der Waals surface area contributed by atoms with Gasteiger partial charge in [-0.1, -0.05) is 0 Å². The Kier molecular flexibility index (Phi) is 4.93. The second-order valence-corrected chi connectivity index (χ2v) is 5.87. The standard InChI is InChI=1S/C17H21NO5/c1-21-17(20)12-4-2-11(3-5-12)16(19)18-13-6-7-14-15(10-13)23-9-8-22-14/h2-5,13-15H,6-10H2,1H3,(H,18,19)/t13-,14-,15-/m1/s1. The summed E-state index contributed by atoms with van der Waals surface area (Å²) in [5.41, 5.74) is 0.956. The molecule has 1 saturated carbocycles. The van der Waals surface area contributed by atoms with Crippen LogP contribution in [0.4, 0.5) is 0 Å². The number of fused-ring (bicyclic) bond motifs is 1. The lowest BCUT2D eigenvalue weighted by atomic mass is 9.89. The monoisotopic (exact) mass is 319 g/mol. The molecule has 1 saturated heterocycles. The topological polar surface area (TPSA) is 73.9 Å². The van der Waals surface area contributed by atoms with Gasteiger partial charge >= 0.3 is 5.97 Å². The molecule has 1 N–H and O–H groups in total. The van der Waals surface area contributed by atoms with E-state index >= 15 is 0 Å².